The molecule has 0 aliphatic rings. The molecule has 0 aliphatic heterocycles. The molecule has 0 fully saturated rings. The maximum Gasteiger partial charge on any atom is 1.00 e. The van der Waals surface area contributed by atoms with Crippen molar-refractivity contribution >= 4 is 85.0 Å². The first-order valence-corrected chi connectivity index (χ1v) is 21.1. The smallest absolute Gasteiger partial charge is 0.504 e. The number of aromatic nitrogens is 2. The van der Waals surface area contributed by atoms with Crippen molar-refractivity contribution in [1.82, 2.24) is 9.97 Å². The van der Waals surface area contributed by atoms with Crippen LogP contribution in [0.3, 0.4) is 0 Å². The number of benzene rings is 4. The molecule has 0 spiro atoms. The Bertz CT molecular complexity index is 2920. The van der Waals surface area contributed by atoms with Crippen LogP contribution in [-0.2, 0) is 53.3 Å². The molecule has 0 bridgehead atoms. The van der Waals surface area contributed by atoms with Crippen molar-refractivity contribution in [2.75, 3.05) is 0 Å². The molecule has 6 aromatic rings. The summed E-state index contributed by atoms with van der Waals surface area (Å²) in [5.41, 5.74) is -1.90. The van der Waals surface area contributed by atoms with Crippen molar-refractivity contribution in [2.45, 2.75) is 32.4 Å². The van der Waals surface area contributed by atoms with Gasteiger partial charge in [-0.25, -0.2) is 0 Å². The first-order valence-electron chi connectivity index (χ1n) is 15.3. The van der Waals surface area contributed by atoms with Gasteiger partial charge in [-0.3, -0.25) is 28.2 Å². The van der Waals surface area contributed by atoms with Crippen LogP contribution in [0.25, 0.3) is 21.8 Å². The molecule has 0 unspecified atom stereocenters. The van der Waals surface area contributed by atoms with Crippen LogP contribution in [0.5, 0.6) is 11.5 Å². The molecule has 0 atom stereocenters. The van der Waals surface area contributed by atoms with E-state index in [2.05, 4.69) is 30.4 Å². The van der Waals surface area contributed by atoms with Gasteiger partial charge in [0.25, 0.3) is 40.5 Å². The van der Waals surface area contributed by atoms with E-state index >= 15 is 0 Å². The Hall–Kier alpha value is -4.86. The predicted molar refractivity (Wildman–Crippen MR) is 195 cm³/mol. The Morgan fingerprint density at radius 2 is 0.825 bits per heavy atom. The minimum atomic E-state index is -4.96. The van der Waals surface area contributed by atoms with E-state index in [1.807, 2.05) is 0 Å². The molecule has 20 nitrogen and oxygen atoms in total. The summed E-state index contributed by atoms with van der Waals surface area (Å²) in [6.45, 7) is 0. The third-order valence-electron chi connectivity index (χ3n) is 8.04. The number of pyridine rings is 2. The standard InChI is InChI=1S/C32H24N6O14S4.Na/c39-31-23(15-27(55(47,48)49)21-3-1-11-33-29(21)31)37-35-19-9-7-17(25(13-19)53(41,42)43)5-6-18-8-10-20(14-26(18)54(44,45)46)36-38-24-16-28(56(50,51)52)22-4-2-12-34-30(22)32(24)40;/h1-4,7-16,39-40H,5-6H2,(H,41,42,43)(H,44,45,46)(H,47,48,49)(H,50,51,52);/q;+1. The number of aryl methyl sites for hydroxylation is 2. The Morgan fingerprint density at radius 3 is 1.16 bits per heavy atom. The first kappa shape index (κ1) is 43.3. The van der Waals surface area contributed by atoms with Gasteiger partial charge >= 0.3 is 29.6 Å². The van der Waals surface area contributed by atoms with Gasteiger partial charge in [0.1, 0.15) is 32.2 Å². The molecule has 290 valence electrons. The van der Waals surface area contributed by atoms with E-state index < -0.39 is 82.9 Å². The van der Waals surface area contributed by atoms with E-state index in [1.165, 1.54) is 60.9 Å². The molecule has 6 N–H and O–H groups in total. The van der Waals surface area contributed by atoms with Gasteiger partial charge in [0.15, 0.2) is 11.5 Å². The van der Waals surface area contributed by atoms with Gasteiger partial charge in [-0.2, -0.15) is 43.9 Å². The summed E-state index contributed by atoms with van der Waals surface area (Å²) in [7, 11) is -19.6. The van der Waals surface area contributed by atoms with Gasteiger partial charge in [0, 0.05) is 23.2 Å². The fourth-order valence-corrected chi connectivity index (χ4v) is 8.49. The summed E-state index contributed by atoms with van der Waals surface area (Å²) in [4.78, 5) is 5.17. The molecule has 25 heteroatoms. The number of fused-ring (bicyclic) bond motifs is 2. The van der Waals surface area contributed by atoms with E-state index in [0.29, 0.717) is 0 Å². The van der Waals surface area contributed by atoms with E-state index in [0.717, 1.165) is 24.3 Å². The second-order valence-corrected chi connectivity index (χ2v) is 17.2. The zero-order valence-corrected chi connectivity index (χ0v) is 34.0. The van der Waals surface area contributed by atoms with Crippen molar-refractivity contribution in [2.24, 2.45) is 20.5 Å². The molecule has 57 heavy (non-hydrogen) atoms. The van der Waals surface area contributed by atoms with E-state index in [-0.39, 0.29) is 86.7 Å². The summed E-state index contributed by atoms with van der Waals surface area (Å²) >= 11 is 0. The Kier molecular flexibility index (Phi) is 12.3. The van der Waals surface area contributed by atoms with E-state index in [9.17, 15) is 62.1 Å². The summed E-state index contributed by atoms with van der Waals surface area (Å²) in [5, 5.41) is 36.3. The summed E-state index contributed by atoms with van der Waals surface area (Å²) in [6, 6.07) is 13.6. The predicted octanol–water partition coefficient (Wildman–Crippen LogP) is 2.80. The first-order chi connectivity index (χ1) is 26.1. The molecule has 0 saturated heterocycles. The quantitative estimate of drug-likeness (QED) is 0.0619. The SMILES string of the molecule is O=S(=O)(O)c1cc(N=Nc2cc(S(=O)(=O)O)c3cccnc3c2O)ccc1CCc1ccc(N=Nc2cc(S(=O)(=O)O)c3cccnc3c2O)cc1S(=O)(=O)O.[Na+]. The Labute approximate surface area is 345 Å². The summed E-state index contributed by atoms with van der Waals surface area (Å²) < 4.78 is 137. The molecule has 0 radical (unpaired) electrons. The van der Waals surface area contributed by atoms with Gasteiger partial charge in [0.05, 0.1) is 21.2 Å². The number of hydrogen-bond acceptors (Lipinski definition) is 16. The third kappa shape index (κ3) is 9.48. The molecule has 2 aromatic heterocycles. The normalized spacial score (nSPS) is 12.8. The van der Waals surface area contributed by atoms with Crippen LogP contribution in [0.15, 0.2) is 125 Å². The van der Waals surface area contributed by atoms with Gasteiger partial charge < -0.3 is 10.2 Å². The molecule has 4 aromatic carbocycles. The van der Waals surface area contributed by atoms with Gasteiger partial charge in [-0.05, 0) is 84.6 Å². The molecular formula is C32H24N6NaO14S4+. The van der Waals surface area contributed by atoms with Crippen LogP contribution in [-0.4, -0.2) is 72.1 Å². The van der Waals surface area contributed by atoms with Crippen molar-refractivity contribution in [3.05, 3.63) is 96.3 Å². The van der Waals surface area contributed by atoms with Crippen molar-refractivity contribution < 1.29 is 91.7 Å². The number of aromatic hydroxyl groups is 2. The topological polar surface area (TPSA) is 333 Å². The van der Waals surface area contributed by atoms with Crippen LogP contribution in [0.1, 0.15) is 11.1 Å². The van der Waals surface area contributed by atoms with Crippen LogP contribution in [0.4, 0.5) is 22.7 Å². The fraction of sp³-hybridized carbons (Fsp3) is 0.0625. The second kappa shape index (κ2) is 16.2. The number of nitrogens with zero attached hydrogens (tertiary/aromatic N) is 6. The van der Waals surface area contributed by atoms with Crippen molar-refractivity contribution in [3.63, 3.8) is 0 Å². The number of azo groups is 2. The van der Waals surface area contributed by atoms with Gasteiger partial charge in [-0.1, -0.05) is 12.1 Å². The fourth-order valence-electron chi connectivity index (χ4n) is 5.54. The maximum atomic E-state index is 12.4. The minimum Gasteiger partial charge on any atom is -0.504 e. The second-order valence-electron chi connectivity index (χ2n) is 11.7. The summed E-state index contributed by atoms with van der Waals surface area (Å²) in [5.74, 6) is -1.22. The molecule has 0 aliphatic carbocycles. The van der Waals surface area contributed by atoms with Crippen LogP contribution < -0.4 is 29.6 Å². The van der Waals surface area contributed by atoms with Gasteiger partial charge in [0.2, 0.25) is 0 Å². The number of phenolic OH excluding ortho intramolecular Hbond substituents is 2. The minimum absolute atomic E-state index is 0. The third-order valence-corrected chi connectivity index (χ3v) is 11.7. The number of phenols is 2. The molecule has 0 saturated carbocycles. The van der Waals surface area contributed by atoms with Gasteiger partial charge in [-0.15, -0.1) is 10.2 Å². The number of rotatable bonds is 11. The monoisotopic (exact) mass is 867 g/mol. The Morgan fingerprint density at radius 1 is 0.474 bits per heavy atom. The molecular weight excluding hydrogens is 844 g/mol. The summed E-state index contributed by atoms with van der Waals surface area (Å²) in [6.07, 6.45) is 2.00. The van der Waals surface area contributed by atoms with Crippen molar-refractivity contribution in [3.8, 4) is 11.5 Å². The molecule has 0 amide bonds. The Balaban J connectivity index is 0.00000620. The average molecular weight is 868 g/mol. The van der Waals surface area contributed by atoms with Crippen molar-refractivity contribution in [1.29, 1.82) is 0 Å². The van der Waals surface area contributed by atoms with Crippen LogP contribution in [0.2, 0.25) is 0 Å². The van der Waals surface area contributed by atoms with E-state index in [4.69, 9.17) is 0 Å². The van der Waals surface area contributed by atoms with Crippen LogP contribution >= 0.6 is 0 Å². The van der Waals surface area contributed by atoms with E-state index in [1.54, 1.807) is 0 Å². The zero-order valence-electron chi connectivity index (χ0n) is 28.8. The largest absolute Gasteiger partial charge is 1.00 e. The molecule has 2 heterocycles. The average Bonchev–Trinajstić information content (AvgIpc) is 3.12. The zero-order chi connectivity index (χ0) is 40.8. The maximum absolute atomic E-state index is 12.4. The molecule has 6 rings (SSSR count). The number of hydrogen-bond donors (Lipinski definition) is 6. The van der Waals surface area contributed by atoms with Crippen LogP contribution in [0, 0.1) is 0 Å².